The number of rotatable bonds is 7. The Bertz CT molecular complexity index is 1370. The lowest BCUT2D eigenvalue weighted by Gasteiger charge is -2.42. The zero-order valence-corrected chi connectivity index (χ0v) is 28.0. The highest BCUT2D eigenvalue weighted by Gasteiger charge is 2.36. The van der Waals surface area contributed by atoms with Gasteiger partial charge in [0.25, 0.3) is 0 Å². The topological polar surface area (TPSA) is 105 Å². The summed E-state index contributed by atoms with van der Waals surface area (Å²) in [7, 11) is 2.17. The van der Waals surface area contributed by atoms with E-state index in [4.69, 9.17) is 17.3 Å². The number of nitrogens with one attached hydrogen (secondary N) is 1. The van der Waals surface area contributed by atoms with Gasteiger partial charge in [-0.15, -0.1) is 11.3 Å². The molecular weight excluding hydrogens is 610 g/mol. The molecule has 244 valence electrons. The van der Waals surface area contributed by atoms with Gasteiger partial charge in [-0.05, 0) is 68.6 Å². The van der Waals surface area contributed by atoms with Crippen molar-refractivity contribution < 1.29 is 14.4 Å². The van der Waals surface area contributed by atoms with Gasteiger partial charge in [-0.25, -0.2) is 4.79 Å². The molecule has 3 fully saturated rings. The molecular formula is C33H46ClN7O3S. The number of benzene rings is 1. The van der Waals surface area contributed by atoms with Crippen LogP contribution in [0, 0.1) is 12.8 Å². The number of anilines is 2. The molecule has 0 bridgehead atoms. The Balaban J connectivity index is 1.09. The molecule has 1 aromatic heterocycles. The maximum absolute atomic E-state index is 14.1. The van der Waals surface area contributed by atoms with Crippen LogP contribution in [0.3, 0.4) is 0 Å². The quantitative estimate of drug-likeness (QED) is 0.435. The fourth-order valence-electron chi connectivity index (χ4n) is 7.43. The Morgan fingerprint density at radius 3 is 2.33 bits per heavy atom. The number of aryl methyl sites for hydroxylation is 1. The predicted molar refractivity (Wildman–Crippen MR) is 180 cm³/mol. The molecule has 4 aliphatic heterocycles. The molecule has 0 radical (unpaired) electrons. The largest absolute Gasteiger partial charge is 0.397 e. The van der Waals surface area contributed by atoms with Crippen molar-refractivity contribution in [1.29, 1.82) is 0 Å². The fourth-order valence-corrected chi connectivity index (χ4v) is 8.50. The van der Waals surface area contributed by atoms with Crippen molar-refractivity contribution in [3.05, 3.63) is 44.6 Å². The van der Waals surface area contributed by atoms with E-state index >= 15 is 0 Å². The number of thiophene rings is 1. The number of nitrogens with two attached hydrogens (primary N) is 1. The first kappa shape index (κ1) is 32.1. The first-order valence-electron chi connectivity index (χ1n) is 16.3. The summed E-state index contributed by atoms with van der Waals surface area (Å²) in [5, 5.41) is 7.54. The summed E-state index contributed by atoms with van der Waals surface area (Å²) in [5.74, 6) is -0.419. The summed E-state index contributed by atoms with van der Waals surface area (Å²) < 4.78 is 0. The zero-order chi connectivity index (χ0) is 31.7. The van der Waals surface area contributed by atoms with Crippen LogP contribution in [0.25, 0.3) is 0 Å². The van der Waals surface area contributed by atoms with Crippen LogP contribution in [0.5, 0.6) is 0 Å². The van der Waals surface area contributed by atoms with Gasteiger partial charge >= 0.3 is 6.03 Å². The molecule has 1 atom stereocenters. The maximum Gasteiger partial charge on any atom is 0.322 e. The molecule has 0 aliphatic carbocycles. The predicted octanol–water partition coefficient (Wildman–Crippen LogP) is 4.12. The molecule has 6 rings (SSSR count). The Morgan fingerprint density at radius 1 is 0.978 bits per heavy atom. The summed E-state index contributed by atoms with van der Waals surface area (Å²) in [5.41, 5.74) is 10.5. The number of hydrogen-bond acceptors (Lipinski definition) is 7. The summed E-state index contributed by atoms with van der Waals surface area (Å²) in [6.45, 7) is 9.46. The summed E-state index contributed by atoms with van der Waals surface area (Å²) in [4.78, 5) is 51.3. The van der Waals surface area contributed by atoms with Crippen LogP contribution in [0.2, 0.25) is 5.02 Å². The summed E-state index contributed by atoms with van der Waals surface area (Å²) >= 11 is 8.03. The monoisotopic (exact) mass is 655 g/mol. The molecule has 45 heavy (non-hydrogen) atoms. The van der Waals surface area contributed by atoms with Gasteiger partial charge in [0.05, 0.1) is 28.9 Å². The van der Waals surface area contributed by atoms with Gasteiger partial charge in [0.1, 0.15) is 0 Å². The number of likely N-dealkylation sites (N-methyl/N-ethyl adjacent to an activating group) is 1. The van der Waals surface area contributed by atoms with Crippen LogP contribution < -0.4 is 11.1 Å². The normalized spacial score (nSPS) is 21.5. The van der Waals surface area contributed by atoms with E-state index in [1.807, 2.05) is 39.1 Å². The SMILES string of the molecule is Cc1cc(C[C@@H](CC(=O)N2CCC(N3Cc4cscc4NC3=O)CC2)C(=O)N2CCC(N3CCN(C)CC3)CC2)cc(Cl)c1N. The van der Waals surface area contributed by atoms with Crippen molar-refractivity contribution in [2.45, 2.75) is 64.1 Å². The van der Waals surface area contributed by atoms with E-state index in [1.54, 1.807) is 11.3 Å². The van der Waals surface area contributed by atoms with Crippen LogP contribution >= 0.6 is 22.9 Å². The number of piperidine rings is 2. The summed E-state index contributed by atoms with van der Waals surface area (Å²) in [6.07, 6.45) is 3.98. The van der Waals surface area contributed by atoms with E-state index in [0.29, 0.717) is 42.8 Å². The third-order valence-corrected chi connectivity index (χ3v) is 11.4. The molecule has 3 saturated heterocycles. The van der Waals surface area contributed by atoms with Crippen molar-refractivity contribution >= 4 is 52.2 Å². The van der Waals surface area contributed by atoms with E-state index in [-0.39, 0.29) is 30.3 Å². The molecule has 0 spiro atoms. The molecule has 2 aromatic rings. The number of likely N-dealkylation sites (tertiary alicyclic amines) is 2. The Kier molecular flexibility index (Phi) is 9.89. The maximum atomic E-state index is 14.1. The molecule has 1 aromatic carbocycles. The lowest BCUT2D eigenvalue weighted by atomic mass is 9.91. The first-order valence-corrected chi connectivity index (χ1v) is 17.6. The van der Waals surface area contributed by atoms with Crippen LogP contribution in [0.1, 0.15) is 48.8 Å². The number of urea groups is 1. The smallest absolute Gasteiger partial charge is 0.322 e. The molecule has 0 saturated carbocycles. The second kappa shape index (κ2) is 13.9. The van der Waals surface area contributed by atoms with Gasteiger partial charge in [0.2, 0.25) is 11.8 Å². The van der Waals surface area contributed by atoms with Gasteiger partial charge in [-0.3, -0.25) is 14.5 Å². The van der Waals surface area contributed by atoms with Crippen LogP contribution in [0.15, 0.2) is 22.9 Å². The van der Waals surface area contributed by atoms with Crippen molar-refractivity contribution in [2.24, 2.45) is 5.92 Å². The van der Waals surface area contributed by atoms with Gasteiger partial charge in [-0.1, -0.05) is 17.7 Å². The lowest BCUT2D eigenvalue weighted by molar-refractivity contribution is -0.143. The first-order chi connectivity index (χ1) is 21.7. The van der Waals surface area contributed by atoms with Crippen molar-refractivity contribution in [3.63, 3.8) is 0 Å². The molecule has 10 nitrogen and oxygen atoms in total. The van der Waals surface area contributed by atoms with Gasteiger partial charge < -0.3 is 30.7 Å². The molecule has 0 unspecified atom stereocenters. The minimum Gasteiger partial charge on any atom is -0.397 e. The average Bonchev–Trinajstić information content (AvgIpc) is 3.50. The molecule has 4 amide bonds. The van der Waals surface area contributed by atoms with Crippen molar-refractivity contribution in [3.8, 4) is 0 Å². The zero-order valence-electron chi connectivity index (χ0n) is 26.5. The van der Waals surface area contributed by atoms with Gasteiger partial charge in [-0.2, -0.15) is 0 Å². The number of fused-ring (bicyclic) bond motifs is 1. The Hall–Kier alpha value is -2.86. The molecule has 3 N–H and O–H groups in total. The standard InChI is InChI=1S/C33H46ClN7O3S/c1-22-15-23(17-28(34)31(22)35)16-24(32(43)40-9-3-26(4-10-40)38-13-11-37(2)12-14-38)18-30(42)39-7-5-27(6-8-39)41-19-25-20-45-21-29(25)36-33(41)44/h15,17,20-21,24,26-27H,3-14,16,18-19,35H2,1-2H3,(H,36,44)/t24-/m0/s1. The number of halogens is 1. The highest BCUT2D eigenvalue weighted by atomic mass is 35.5. The number of hydrogen-bond donors (Lipinski definition) is 2. The van der Waals surface area contributed by atoms with Gasteiger partial charge in [0.15, 0.2) is 0 Å². The van der Waals surface area contributed by atoms with Crippen LogP contribution in [-0.2, 0) is 22.6 Å². The number of piperazine rings is 1. The third-order valence-electron chi connectivity index (χ3n) is 10.3. The highest BCUT2D eigenvalue weighted by molar-refractivity contribution is 7.08. The minimum atomic E-state index is -0.473. The summed E-state index contributed by atoms with van der Waals surface area (Å²) in [6, 6.07) is 4.35. The minimum absolute atomic E-state index is 0.000558. The van der Waals surface area contributed by atoms with Gasteiger partial charge in [0, 0.05) is 81.8 Å². The number of amides is 4. The van der Waals surface area contributed by atoms with E-state index in [0.717, 1.165) is 87.3 Å². The molecule has 4 aliphatic rings. The van der Waals surface area contributed by atoms with E-state index < -0.39 is 5.92 Å². The van der Waals surface area contributed by atoms with Crippen molar-refractivity contribution in [1.82, 2.24) is 24.5 Å². The third kappa shape index (κ3) is 7.26. The second-order valence-electron chi connectivity index (χ2n) is 13.3. The fraction of sp³-hybridized carbons (Fsp3) is 0.606. The Morgan fingerprint density at radius 2 is 1.64 bits per heavy atom. The number of nitrogens with zero attached hydrogens (tertiary/aromatic N) is 5. The van der Waals surface area contributed by atoms with Crippen LogP contribution in [0.4, 0.5) is 16.2 Å². The number of nitrogen functional groups attached to an aromatic ring is 1. The van der Waals surface area contributed by atoms with Crippen molar-refractivity contribution in [2.75, 3.05) is 70.5 Å². The van der Waals surface area contributed by atoms with E-state index in [2.05, 4.69) is 27.5 Å². The van der Waals surface area contributed by atoms with Crippen LogP contribution in [-0.4, -0.2) is 114 Å². The number of carbonyl (C=O) groups is 3. The molecule has 12 heteroatoms. The molecule has 5 heterocycles. The van der Waals surface area contributed by atoms with E-state index in [1.165, 1.54) is 0 Å². The lowest BCUT2D eigenvalue weighted by Crippen LogP contribution is -2.54. The highest BCUT2D eigenvalue weighted by Crippen LogP contribution is 2.32. The number of carbonyl (C=O) groups excluding carboxylic acids is 3. The average molecular weight is 656 g/mol. The Labute approximate surface area is 275 Å². The van der Waals surface area contributed by atoms with E-state index in [9.17, 15) is 14.4 Å². The second-order valence-corrected chi connectivity index (χ2v) is 14.4.